The Labute approximate surface area is 209 Å². The molecule has 0 fully saturated rings. The van der Waals surface area contributed by atoms with Gasteiger partial charge in [-0.1, -0.05) is 12.1 Å². The van der Waals surface area contributed by atoms with E-state index in [2.05, 4.69) is 15.6 Å². The van der Waals surface area contributed by atoms with Gasteiger partial charge < -0.3 is 24.9 Å². The Morgan fingerprint density at radius 2 is 1.89 bits per heavy atom. The standard InChI is InChI=1S/C26H31N3O5S/c1-16-12-19(33-5)8-11-21(16)29-23(30)13-22(24-17(2)28-15-34-24)27-14-18-6-9-20(10-7-18)35-26(3,4)25(31)32/h6-12,15,22,27H,13-14H2,1-5H3,(H,29,30)(H,31,32). The third kappa shape index (κ3) is 7.10. The number of hydrogen-bond acceptors (Lipinski definition) is 7. The first-order valence-electron chi connectivity index (χ1n) is 11.2. The van der Waals surface area contributed by atoms with Gasteiger partial charge in [-0.3, -0.25) is 9.59 Å². The van der Waals surface area contributed by atoms with Crippen LogP contribution in [0, 0.1) is 13.8 Å². The summed E-state index contributed by atoms with van der Waals surface area (Å²) in [6.45, 7) is 7.60. The molecule has 0 saturated carbocycles. The number of amides is 1. The molecule has 0 radical (unpaired) electrons. The summed E-state index contributed by atoms with van der Waals surface area (Å²) < 4.78 is 9.90. The quantitative estimate of drug-likeness (QED) is 0.313. The van der Waals surface area contributed by atoms with Crippen LogP contribution in [0.4, 0.5) is 5.69 Å². The first-order chi connectivity index (χ1) is 16.6. The molecular weight excluding hydrogens is 466 g/mol. The number of ether oxygens (including phenoxy) is 1. The highest BCUT2D eigenvalue weighted by atomic mass is 32.2. The number of oxazole rings is 1. The van der Waals surface area contributed by atoms with Gasteiger partial charge in [0.2, 0.25) is 5.91 Å². The predicted molar refractivity (Wildman–Crippen MR) is 136 cm³/mol. The number of carbonyl (C=O) groups is 2. The Balaban J connectivity index is 1.67. The number of rotatable bonds is 11. The number of carbonyl (C=O) groups excluding carboxylic acids is 1. The molecule has 0 aliphatic rings. The highest BCUT2D eigenvalue weighted by Crippen LogP contribution is 2.33. The minimum atomic E-state index is -0.912. The Morgan fingerprint density at radius 1 is 1.17 bits per heavy atom. The number of aliphatic carboxylic acids is 1. The third-order valence-electron chi connectivity index (χ3n) is 5.56. The summed E-state index contributed by atoms with van der Waals surface area (Å²) in [6.07, 6.45) is 1.53. The molecule has 1 atom stereocenters. The second-order valence-corrected chi connectivity index (χ2v) is 10.4. The van der Waals surface area contributed by atoms with Crippen molar-refractivity contribution in [2.75, 3.05) is 12.4 Å². The zero-order chi connectivity index (χ0) is 25.6. The van der Waals surface area contributed by atoms with E-state index in [4.69, 9.17) is 9.15 Å². The number of thioether (sulfide) groups is 1. The van der Waals surface area contributed by atoms with E-state index in [1.165, 1.54) is 18.2 Å². The number of carboxylic acid groups (broad SMARTS) is 1. The molecule has 0 saturated heterocycles. The molecule has 35 heavy (non-hydrogen) atoms. The fourth-order valence-electron chi connectivity index (χ4n) is 3.45. The maximum atomic E-state index is 12.9. The molecular formula is C26H31N3O5S. The van der Waals surface area contributed by atoms with Gasteiger partial charge in [0.15, 0.2) is 6.39 Å². The topological polar surface area (TPSA) is 114 Å². The summed E-state index contributed by atoms with van der Waals surface area (Å²) in [7, 11) is 1.60. The third-order valence-corrected chi connectivity index (χ3v) is 6.75. The molecule has 3 aromatic rings. The average Bonchev–Trinajstić information content (AvgIpc) is 3.24. The molecule has 0 bridgehead atoms. The van der Waals surface area contributed by atoms with Gasteiger partial charge >= 0.3 is 5.97 Å². The Hall–Kier alpha value is -3.30. The SMILES string of the molecule is COc1ccc(NC(=O)CC(NCc2ccc(SC(C)(C)C(=O)O)cc2)c2ocnc2C)c(C)c1. The van der Waals surface area contributed by atoms with Gasteiger partial charge in [-0.15, -0.1) is 11.8 Å². The number of aromatic nitrogens is 1. The molecule has 0 aliphatic heterocycles. The maximum absolute atomic E-state index is 12.9. The molecule has 1 aromatic heterocycles. The smallest absolute Gasteiger partial charge is 0.319 e. The van der Waals surface area contributed by atoms with Crippen molar-refractivity contribution in [3.8, 4) is 5.75 Å². The van der Waals surface area contributed by atoms with Gasteiger partial charge in [-0.2, -0.15) is 0 Å². The summed E-state index contributed by atoms with van der Waals surface area (Å²) in [5.74, 6) is 0.325. The van der Waals surface area contributed by atoms with Crippen molar-refractivity contribution < 1.29 is 23.8 Å². The fraction of sp³-hybridized carbons (Fsp3) is 0.346. The summed E-state index contributed by atoms with van der Waals surface area (Å²) >= 11 is 1.30. The van der Waals surface area contributed by atoms with Crippen molar-refractivity contribution in [3.63, 3.8) is 0 Å². The van der Waals surface area contributed by atoms with Crippen LogP contribution in [0.1, 0.15) is 48.9 Å². The van der Waals surface area contributed by atoms with Crippen LogP contribution >= 0.6 is 11.8 Å². The Kier molecular flexibility index (Phi) is 8.58. The van der Waals surface area contributed by atoms with Crippen LogP contribution in [0.3, 0.4) is 0 Å². The fourth-order valence-corrected chi connectivity index (χ4v) is 4.40. The van der Waals surface area contributed by atoms with Crippen molar-refractivity contribution in [2.24, 2.45) is 0 Å². The molecule has 1 unspecified atom stereocenters. The van der Waals surface area contributed by atoms with Gasteiger partial charge in [0.25, 0.3) is 0 Å². The van der Waals surface area contributed by atoms with Crippen LogP contribution < -0.4 is 15.4 Å². The molecule has 186 valence electrons. The Bertz CT molecular complexity index is 1170. The lowest BCUT2D eigenvalue weighted by molar-refractivity contribution is -0.138. The molecule has 9 heteroatoms. The van der Waals surface area contributed by atoms with Crippen LogP contribution in [0.25, 0.3) is 0 Å². The maximum Gasteiger partial charge on any atom is 0.319 e. The summed E-state index contributed by atoms with van der Waals surface area (Å²) in [5.41, 5.74) is 3.35. The predicted octanol–water partition coefficient (Wildman–Crippen LogP) is 5.12. The number of benzene rings is 2. The lowest BCUT2D eigenvalue weighted by atomic mass is 10.1. The highest BCUT2D eigenvalue weighted by Gasteiger charge is 2.28. The first-order valence-corrected chi connectivity index (χ1v) is 12.0. The van der Waals surface area contributed by atoms with E-state index in [-0.39, 0.29) is 18.4 Å². The van der Waals surface area contributed by atoms with Gasteiger partial charge in [-0.25, -0.2) is 4.98 Å². The zero-order valence-electron chi connectivity index (χ0n) is 20.5. The molecule has 3 rings (SSSR count). The van der Waals surface area contributed by atoms with Crippen molar-refractivity contribution in [2.45, 2.75) is 56.3 Å². The molecule has 1 amide bonds. The molecule has 0 aliphatic carbocycles. The van der Waals surface area contributed by atoms with Gasteiger partial charge in [0, 0.05) is 23.5 Å². The number of nitrogens with zero attached hydrogens (tertiary/aromatic N) is 1. The van der Waals surface area contributed by atoms with Crippen LogP contribution in [0.5, 0.6) is 5.75 Å². The van der Waals surface area contributed by atoms with Gasteiger partial charge in [0.05, 0.1) is 18.8 Å². The van der Waals surface area contributed by atoms with Crippen molar-refractivity contribution in [3.05, 3.63) is 71.4 Å². The monoisotopic (exact) mass is 497 g/mol. The number of carboxylic acids is 1. The van der Waals surface area contributed by atoms with E-state index in [0.29, 0.717) is 12.3 Å². The zero-order valence-corrected chi connectivity index (χ0v) is 21.4. The summed E-state index contributed by atoms with van der Waals surface area (Å²) in [4.78, 5) is 29.3. The highest BCUT2D eigenvalue weighted by molar-refractivity contribution is 8.01. The van der Waals surface area contributed by atoms with E-state index in [1.807, 2.05) is 50.2 Å². The van der Waals surface area contributed by atoms with Gasteiger partial charge in [-0.05, 0) is 69.2 Å². The van der Waals surface area contributed by atoms with Crippen LogP contribution in [0.15, 0.2) is 58.2 Å². The van der Waals surface area contributed by atoms with Crippen molar-refractivity contribution in [1.82, 2.24) is 10.3 Å². The molecule has 1 heterocycles. The summed E-state index contributed by atoms with van der Waals surface area (Å²) in [6, 6.07) is 12.8. The summed E-state index contributed by atoms with van der Waals surface area (Å²) in [5, 5.41) is 15.7. The number of nitrogens with one attached hydrogen (secondary N) is 2. The molecule has 8 nitrogen and oxygen atoms in total. The number of hydrogen-bond donors (Lipinski definition) is 3. The second kappa shape index (κ2) is 11.4. The van der Waals surface area contributed by atoms with E-state index >= 15 is 0 Å². The van der Waals surface area contributed by atoms with Crippen molar-refractivity contribution >= 4 is 29.3 Å². The van der Waals surface area contributed by atoms with E-state index in [0.717, 1.165) is 33.2 Å². The number of aryl methyl sites for hydroxylation is 2. The van der Waals surface area contributed by atoms with Crippen LogP contribution in [0.2, 0.25) is 0 Å². The van der Waals surface area contributed by atoms with E-state index in [9.17, 15) is 14.7 Å². The largest absolute Gasteiger partial charge is 0.497 e. The minimum absolute atomic E-state index is 0.155. The average molecular weight is 498 g/mol. The van der Waals surface area contributed by atoms with Crippen molar-refractivity contribution in [1.29, 1.82) is 0 Å². The van der Waals surface area contributed by atoms with E-state index in [1.54, 1.807) is 27.0 Å². The number of methoxy groups -OCH3 is 1. The molecule has 3 N–H and O–H groups in total. The Morgan fingerprint density at radius 3 is 2.46 bits per heavy atom. The molecule has 0 spiro atoms. The second-order valence-electron chi connectivity index (χ2n) is 8.73. The van der Waals surface area contributed by atoms with Crippen LogP contribution in [-0.2, 0) is 16.1 Å². The molecule has 2 aromatic carbocycles. The normalized spacial score (nSPS) is 12.3. The lowest BCUT2D eigenvalue weighted by Gasteiger charge is -2.19. The van der Waals surface area contributed by atoms with Gasteiger partial charge in [0.1, 0.15) is 16.3 Å². The minimum Gasteiger partial charge on any atom is -0.497 e. The van der Waals surface area contributed by atoms with Crippen LogP contribution in [-0.4, -0.2) is 33.8 Å². The first kappa shape index (κ1) is 26.3. The van der Waals surface area contributed by atoms with E-state index < -0.39 is 10.7 Å². The lowest BCUT2D eigenvalue weighted by Crippen LogP contribution is -2.27. The number of anilines is 1.